The van der Waals surface area contributed by atoms with Gasteiger partial charge in [-0.05, 0) is 41.0 Å². The van der Waals surface area contributed by atoms with Crippen molar-refractivity contribution in [3.05, 3.63) is 11.4 Å². The molecule has 8 nitrogen and oxygen atoms in total. The molecule has 1 aromatic heterocycles. The Kier molecular flexibility index (Phi) is 6.53. The van der Waals surface area contributed by atoms with Crippen LogP contribution in [0.5, 0.6) is 0 Å². The Hall–Kier alpha value is -2.12. The normalized spacial score (nSPS) is 12.6. The standard InChI is InChI=1S/C15H26N4O4/c1-7-10(3)19-11(9-16-14(21)23-15(4,5)6)12(17-18-19)13(20)22-8-2/h10H,7-9H2,1-6H3,(H,16,21). The molecule has 1 rings (SSSR count). The Bertz CT molecular complexity index is 548. The molecule has 0 saturated carbocycles. The lowest BCUT2D eigenvalue weighted by Gasteiger charge is -2.20. The van der Waals surface area contributed by atoms with Crippen LogP contribution in [-0.4, -0.2) is 39.3 Å². The Morgan fingerprint density at radius 3 is 2.48 bits per heavy atom. The highest BCUT2D eigenvalue weighted by Gasteiger charge is 2.24. The van der Waals surface area contributed by atoms with Gasteiger partial charge in [0.15, 0.2) is 5.69 Å². The molecule has 0 fully saturated rings. The van der Waals surface area contributed by atoms with Crippen LogP contribution in [0.4, 0.5) is 4.79 Å². The molecule has 0 radical (unpaired) electrons. The van der Waals surface area contributed by atoms with E-state index in [4.69, 9.17) is 9.47 Å². The predicted molar refractivity (Wildman–Crippen MR) is 84.1 cm³/mol. The summed E-state index contributed by atoms with van der Waals surface area (Å²) in [4.78, 5) is 23.8. The molecule has 1 heterocycles. The number of aromatic nitrogens is 3. The van der Waals surface area contributed by atoms with Crippen LogP contribution < -0.4 is 5.32 Å². The van der Waals surface area contributed by atoms with Crippen molar-refractivity contribution in [2.24, 2.45) is 0 Å². The maximum absolute atomic E-state index is 12.0. The van der Waals surface area contributed by atoms with Crippen molar-refractivity contribution in [3.8, 4) is 0 Å². The number of hydrogen-bond acceptors (Lipinski definition) is 6. The minimum atomic E-state index is -0.594. The van der Waals surface area contributed by atoms with E-state index in [1.807, 2.05) is 13.8 Å². The zero-order valence-electron chi connectivity index (χ0n) is 14.7. The minimum Gasteiger partial charge on any atom is -0.461 e. The molecule has 1 N–H and O–H groups in total. The number of ether oxygens (including phenoxy) is 2. The molecular formula is C15H26N4O4. The number of esters is 1. The van der Waals surface area contributed by atoms with Gasteiger partial charge >= 0.3 is 12.1 Å². The molecule has 1 aromatic rings. The lowest BCUT2D eigenvalue weighted by Crippen LogP contribution is -2.33. The van der Waals surface area contributed by atoms with E-state index >= 15 is 0 Å². The number of carbonyl (C=O) groups is 2. The highest BCUT2D eigenvalue weighted by Crippen LogP contribution is 2.16. The van der Waals surface area contributed by atoms with E-state index < -0.39 is 17.7 Å². The Morgan fingerprint density at radius 2 is 1.96 bits per heavy atom. The molecule has 0 saturated heterocycles. The fourth-order valence-electron chi connectivity index (χ4n) is 1.83. The maximum Gasteiger partial charge on any atom is 0.407 e. The van der Waals surface area contributed by atoms with Crippen molar-refractivity contribution in [2.45, 2.75) is 66.2 Å². The van der Waals surface area contributed by atoms with Crippen LogP contribution in [0.25, 0.3) is 0 Å². The van der Waals surface area contributed by atoms with E-state index in [0.717, 1.165) is 6.42 Å². The third-order valence-corrected chi connectivity index (χ3v) is 3.07. The van der Waals surface area contributed by atoms with Gasteiger partial charge in [-0.15, -0.1) is 5.10 Å². The van der Waals surface area contributed by atoms with E-state index in [1.54, 1.807) is 32.4 Å². The summed E-state index contributed by atoms with van der Waals surface area (Å²) in [5.41, 5.74) is 0.0235. The van der Waals surface area contributed by atoms with Crippen molar-refractivity contribution in [1.82, 2.24) is 20.3 Å². The summed E-state index contributed by atoms with van der Waals surface area (Å²) in [6, 6.07) is 0.0427. The summed E-state index contributed by atoms with van der Waals surface area (Å²) in [5, 5.41) is 10.5. The van der Waals surface area contributed by atoms with Gasteiger partial charge in [0, 0.05) is 0 Å². The summed E-state index contributed by atoms with van der Waals surface area (Å²) in [6.45, 7) is 11.3. The third kappa shape index (κ3) is 5.54. The monoisotopic (exact) mass is 326 g/mol. The molecule has 0 bridgehead atoms. The van der Waals surface area contributed by atoms with Crippen LogP contribution in [0, 0.1) is 0 Å². The number of amides is 1. The number of nitrogens with zero attached hydrogens (tertiary/aromatic N) is 3. The summed E-state index contributed by atoms with van der Waals surface area (Å²) in [5.74, 6) is -0.553. The first-order chi connectivity index (χ1) is 10.7. The average molecular weight is 326 g/mol. The zero-order chi connectivity index (χ0) is 17.6. The number of carbonyl (C=O) groups excluding carboxylic acids is 2. The van der Waals surface area contributed by atoms with Crippen LogP contribution in [0.3, 0.4) is 0 Å². The van der Waals surface area contributed by atoms with Crippen LogP contribution in [0.2, 0.25) is 0 Å². The maximum atomic E-state index is 12.0. The first-order valence-corrected chi connectivity index (χ1v) is 7.77. The fraction of sp³-hybridized carbons (Fsp3) is 0.733. The van der Waals surface area contributed by atoms with Crippen LogP contribution in [0.1, 0.15) is 70.2 Å². The molecule has 130 valence electrons. The molecule has 23 heavy (non-hydrogen) atoms. The van der Waals surface area contributed by atoms with Crippen molar-refractivity contribution < 1.29 is 19.1 Å². The molecular weight excluding hydrogens is 300 g/mol. The quantitative estimate of drug-likeness (QED) is 0.807. The van der Waals surface area contributed by atoms with Gasteiger partial charge in [-0.25, -0.2) is 14.3 Å². The third-order valence-electron chi connectivity index (χ3n) is 3.07. The largest absolute Gasteiger partial charge is 0.461 e. The predicted octanol–water partition coefficient (Wildman–Crippen LogP) is 2.45. The van der Waals surface area contributed by atoms with Crippen molar-refractivity contribution >= 4 is 12.1 Å². The number of nitrogens with one attached hydrogen (secondary N) is 1. The number of hydrogen-bond donors (Lipinski definition) is 1. The van der Waals surface area contributed by atoms with Gasteiger partial charge in [-0.3, -0.25) is 0 Å². The molecule has 1 amide bonds. The first-order valence-electron chi connectivity index (χ1n) is 7.77. The second kappa shape index (κ2) is 7.94. The Labute approximate surface area is 136 Å². The summed E-state index contributed by atoms with van der Waals surface area (Å²) < 4.78 is 11.8. The number of alkyl carbamates (subject to hydrolysis) is 1. The summed E-state index contributed by atoms with van der Waals surface area (Å²) in [6.07, 6.45) is 0.245. The highest BCUT2D eigenvalue weighted by molar-refractivity contribution is 5.88. The van der Waals surface area contributed by atoms with Gasteiger partial charge in [0.1, 0.15) is 5.60 Å². The lowest BCUT2D eigenvalue weighted by molar-refractivity contribution is 0.0497. The highest BCUT2D eigenvalue weighted by atomic mass is 16.6. The van der Waals surface area contributed by atoms with Gasteiger partial charge in [0.2, 0.25) is 0 Å². The summed E-state index contributed by atoms with van der Waals surface area (Å²) >= 11 is 0. The topological polar surface area (TPSA) is 95.3 Å². The first kappa shape index (κ1) is 18.9. The summed E-state index contributed by atoms with van der Waals surface area (Å²) in [7, 11) is 0. The van der Waals surface area contributed by atoms with E-state index in [2.05, 4.69) is 15.6 Å². The second-order valence-electron chi connectivity index (χ2n) is 6.16. The second-order valence-corrected chi connectivity index (χ2v) is 6.16. The van der Waals surface area contributed by atoms with Gasteiger partial charge in [0.05, 0.1) is 24.9 Å². The Morgan fingerprint density at radius 1 is 1.30 bits per heavy atom. The van der Waals surface area contributed by atoms with E-state index in [-0.39, 0.29) is 24.9 Å². The van der Waals surface area contributed by atoms with E-state index in [1.165, 1.54) is 0 Å². The van der Waals surface area contributed by atoms with Crippen LogP contribution in [-0.2, 0) is 16.0 Å². The molecule has 0 aliphatic carbocycles. The smallest absolute Gasteiger partial charge is 0.407 e. The zero-order valence-corrected chi connectivity index (χ0v) is 14.7. The van der Waals surface area contributed by atoms with Crippen molar-refractivity contribution in [2.75, 3.05) is 6.61 Å². The molecule has 0 aromatic carbocycles. The molecule has 8 heteroatoms. The number of rotatable bonds is 6. The molecule has 0 spiro atoms. The van der Waals surface area contributed by atoms with Gasteiger partial charge < -0.3 is 14.8 Å². The minimum absolute atomic E-state index is 0.0427. The fourth-order valence-corrected chi connectivity index (χ4v) is 1.83. The molecule has 0 aliphatic heterocycles. The van der Waals surface area contributed by atoms with Crippen molar-refractivity contribution in [1.29, 1.82) is 0 Å². The average Bonchev–Trinajstić information content (AvgIpc) is 2.86. The lowest BCUT2D eigenvalue weighted by atomic mass is 10.2. The van der Waals surface area contributed by atoms with Crippen molar-refractivity contribution in [3.63, 3.8) is 0 Å². The molecule has 0 aliphatic rings. The van der Waals surface area contributed by atoms with Crippen LogP contribution >= 0.6 is 0 Å². The molecule has 1 unspecified atom stereocenters. The van der Waals surface area contributed by atoms with E-state index in [9.17, 15) is 9.59 Å². The van der Waals surface area contributed by atoms with E-state index in [0.29, 0.717) is 5.69 Å². The Balaban J connectivity index is 2.94. The molecule has 1 atom stereocenters. The van der Waals surface area contributed by atoms with Gasteiger partial charge in [-0.1, -0.05) is 12.1 Å². The SMILES string of the molecule is CCOC(=O)c1nnn(C(C)CC)c1CNC(=O)OC(C)(C)C. The van der Waals surface area contributed by atoms with Gasteiger partial charge in [0.25, 0.3) is 0 Å². The van der Waals surface area contributed by atoms with Gasteiger partial charge in [-0.2, -0.15) is 0 Å². The van der Waals surface area contributed by atoms with Crippen LogP contribution in [0.15, 0.2) is 0 Å².